The van der Waals surface area contributed by atoms with Crippen LogP contribution < -0.4 is 16.4 Å². The minimum atomic E-state index is -0.470. The molecule has 0 radical (unpaired) electrons. The van der Waals surface area contributed by atoms with Crippen LogP contribution in [-0.4, -0.2) is 4.92 Å². The zero-order valence-corrected chi connectivity index (χ0v) is 20.2. The standard InChI is InChI=1S/C28H29ClN4O2/c29-23-13-20(28-14-17-10-18(15-28)12-19(11-17)16-28)4-9-25(23)31-21-5-7-22(8-6-21)32-26-3-1-2-24(30)27(26)33(34)35/h1-9,13,17-19,31-32H,10-12,14-16,30H2. The summed E-state index contributed by atoms with van der Waals surface area (Å²) in [5.41, 5.74) is 10.4. The quantitative estimate of drug-likeness (QED) is 0.187. The molecule has 0 heterocycles. The van der Waals surface area contributed by atoms with Crippen LogP contribution in [0.3, 0.4) is 0 Å². The molecule has 0 unspecified atom stereocenters. The molecule has 0 saturated heterocycles. The summed E-state index contributed by atoms with van der Waals surface area (Å²) in [6, 6.07) is 19.0. The Kier molecular flexibility index (Phi) is 5.37. The lowest BCUT2D eigenvalue weighted by Gasteiger charge is -2.57. The number of nitro benzene ring substituents is 1. The average Bonchev–Trinajstić information content (AvgIpc) is 2.80. The smallest absolute Gasteiger partial charge is 0.315 e. The lowest BCUT2D eigenvalue weighted by Crippen LogP contribution is -2.48. The minimum absolute atomic E-state index is 0.124. The zero-order valence-electron chi connectivity index (χ0n) is 19.5. The van der Waals surface area contributed by atoms with E-state index in [-0.39, 0.29) is 11.4 Å². The van der Waals surface area contributed by atoms with Crippen molar-refractivity contribution in [3.05, 3.63) is 81.4 Å². The lowest BCUT2D eigenvalue weighted by atomic mass is 9.48. The molecule has 0 atom stereocenters. The molecule has 0 spiro atoms. The Labute approximate surface area is 210 Å². The van der Waals surface area contributed by atoms with E-state index >= 15 is 0 Å². The van der Waals surface area contributed by atoms with E-state index in [1.165, 1.54) is 50.2 Å². The number of anilines is 5. The molecule has 4 fully saturated rings. The summed E-state index contributed by atoms with van der Waals surface area (Å²) in [7, 11) is 0. The summed E-state index contributed by atoms with van der Waals surface area (Å²) in [5.74, 6) is 2.70. The van der Waals surface area contributed by atoms with E-state index in [1.54, 1.807) is 12.1 Å². The van der Waals surface area contributed by atoms with Crippen molar-refractivity contribution in [3.8, 4) is 0 Å². The molecule has 7 rings (SSSR count). The highest BCUT2D eigenvalue weighted by molar-refractivity contribution is 6.33. The third-order valence-corrected chi connectivity index (χ3v) is 8.63. The number of nitrogens with zero attached hydrogens (tertiary/aromatic N) is 1. The van der Waals surface area contributed by atoms with Gasteiger partial charge in [-0.15, -0.1) is 0 Å². The van der Waals surface area contributed by atoms with E-state index in [0.717, 1.165) is 39.8 Å². The number of nitrogens with two attached hydrogens (primary N) is 1. The van der Waals surface area contributed by atoms with Crippen LogP contribution >= 0.6 is 11.6 Å². The Morgan fingerprint density at radius 1 is 0.857 bits per heavy atom. The molecular formula is C28H29ClN4O2. The normalized spacial score (nSPS) is 26.5. The summed E-state index contributed by atoms with van der Waals surface area (Å²) in [6.45, 7) is 0. The molecule has 0 amide bonds. The van der Waals surface area contributed by atoms with Gasteiger partial charge in [0.1, 0.15) is 11.4 Å². The van der Waals surface area contributed by atoms with Gasteiger partial charge in [0.25, 0.3) is 0 Å². The fraction of sp³-hybridized carbons (Fsp3) is 0.357. The first-order valence-corrected chi connectivity index (χ1v) is 12.7. The largest absolute Gasteiger partial charge is 0.393 e. The number of nitrogens with one attached hydrogen (secondary N) is 2. The van der Waals surface area contributed by atoms with Gasteiger partial charge >= 0.3 is 5.69 Å². The number of halogens is 1. The maximum absolute atomic E-state index is 11.4. The number of nitrogen functional groups attached to an aromatic ring is 1. The van der Waals surface area contributed by atoms with Crippen LogP contribution in [0.2, 0.25) is 5.02 Å². The van der Waals surface area contributed by atoms with Gasteiger partial charge in [0.2, 0.25) is 0 Å². The molecule has 7 heteroatoms. The van der Waals surface area contributed by atoms with Crippen molar-refractivity contribution in [2.45, 2.75) is 43.9 Å². The van der Waals surface area contributed by atoms with Crippen molar-refractivity contribution in [2.75, 3.05) is 16.4 Å². The second kappa shape index (κ2) is 8.45. The molecule has 6 nitrogen and oxygen atoms in total. The number of benzene rings is 3. The zero-order chi connectivity index (χ0) is 24.2. The van der Waals surface area contributed by atoms with Gasteiger partial charge in [-0.05, 0) is 116 Å². The summed E-state index contributed by atoms with van der Waals surface area (Å²) in [6.07, 6.45) is 8.26. The van der Waals surface area contributed by atoms with E-state index in [1.807, 2.05) is 24.3 Å². The van der Waals surface area contributed by atoms with E-state index in [2.05, 4.69) is 28.8 Å². The SMILES string of the molecule is Nc1cccc(Nc2ccc(Nc3ccc(C45CC6CC(CC(C6)C4)C5)cc3Cl)cc2)c1[N+](=O)[O-]. The number of rotatable bonds is 6. The van der Waals surface area contributed by atoms with E-state index in [9.17, 15) is 10.1 Å². The van der Waals surface area contributed by atoms with Gasteiger partial charge in [-0.1, -0.05) is 23.7 Å². The Morgan fingerprint density at radius 3 is 1.97 bits per heavy atom. The summed E-state index contributed by atoms with van der Waals surface area (Å²) in [4.78, 5) is 10.9. The van der Waals surface area contributed by atoms with Crippen molar-refractivity contribution < 1.29 is 4.92 Å². The number of nitro groups is 1. The molecular weight excluding hydrogens is 460 g/mol. The third-order valence-electron chi connectivity index (χ3n) is 8.31. The van der Waals surface area contributed by atoms with Crippen molar-refractivity contribution in [2.24, 2.45) is 17.8 Å². The van der Waals surface area contributed by atoms with E-state index in [4.69, 9.17) is 17.3 Å². The minimum Gasteiger partial charge on any atom is -0.393 e. The molecule has 0 aromatic heterocycles. The van der Waals surface area contributed by atoms with Crippen molar-refractivity contribution in [3.63, 3.8) is 0 Å². The second-order valence-electron chi connectivity index (χ2n) is 10.7. The highest BCUT2D eigenvalue weighted by Gasteiger charge is 2.51. The van der Waals surface area contributed by atoms with Crippen molar-refractivity contribution in [1.82, 2.24) is 0 Å². The molecule has 35 heavy (non-hydrogen) atoms. The second-order valence-corrected chi connectivity index (χ2v) is 11.1. The average molecular weight is 489 g/mol. The van der Waals surface area contributed by atoms with Crippen molar-refractivity contribution >= 4 is 45.7 Å². The van der Waals surface area contributed by atoms with Crippen LogP contribution in [0, 0.1) is 27.9 Å². The molecule has 4 bridgehead atoms. The van der Waals surface area contributed by atoms with Gasteiger partial charge in [0.15, 0.2) is 0 Å². The first kappa shape index (κ1) is 22.2. The third kappa shape index (κ3) is 4.10. The Bertz CT molecular complexity index is 1260. The lowest BCUT2D eigenvalue weighted by molar-refractivity contribution is -0.383. The number of hydrogen-bond donors (Lipinski definition) is 3. The molecule has 4 saturated carbocycles. The van der Waals surface area contributed by atoms with Gasteiger partial charge < -0.3 is 16.4 Å². The van der Waals surface area contributed by atoms with Crippen molar-refractivity contribution in [1.29, 1.82) is 0 Å². The van der Waals surface area contributed by atoms with Gasteiger partial charge in [0.05, 0.1) is 15.6 Å². The topological polar surface area (TPSA) is 93.2 Å². The van der Waals surface area contributed by atoms with Crippen LogP contribution in [0.1, 0.15) is 44.1 Å². The van der Waals surface area contributed by atoms with E-state index < -0.39 is 4.92 Å². The predicted molar refractivity (Wildman–Crippen MR) is 142 cm³/mol. The van der Waals surface area contributed by atoms with Crippen LogP contribution in [-0.2, 0) is 5.41 Å². The fourth-order valence-electron chi connectivity index (χ4n) is 7.22. The van der Waals surface area contributed by atoms with Gasteiger partial charge in [-0.25, -0.2) is 0 Å². The molecule has 180 valence electrons. The fourth-order valence-corrected chi connectivity index (χ4v) is 7.45. The van der Waals surface area contributed by atoms with E-state index in [0.29, 0.717) is 11.1 Å². The van der Waals surface area contributed by atoms with Gasteiger partial charge in [-0.3, -0.25) is 10.1 Å². The molecule has 3 aromatic carbocycles. The molecule has 0 aliphatic heterocycles. The predicted octanol–water partition coefficient (Wildman–Crippen LogP) is 7.79. The Hall–Kier alpha value is -3.25. The monoisotopic (exact) mass is 488 g/mol. The summed E-state index contributed by atoms with van der Waals surface area (Å²) < 4.78 is 0. The maximum Gasteiger partial charge on any atom is 0.315 e. The summed E-state index contributed by atoms with van der Waals surface area (Å²) >= 11 is 6.77. The Balaban J connectivity index is 1.17. The van der Waals surface area contributed by atoms with Crippen LogP contribution in [0.15, 0.2) is 60.7 Å². The molecule has 4 aliphatic rings. The molecule has 3 aromatic rings. The first-order chi connectivity index (χ1) is 16.9. The van der Waals surface area contributed by atoms with Crippen LogP contribution in [0.4, 0.5) is 34.1 Å². The van der Waals surface area contributed by atoms with Gasteiger partial charge in [-0.2, -0.15) is 0 Å². The van der Waals surface area contributed by atoms with Crippen LogP contribution in [0.25, 0.3) is 0 Å². The maximum atomic E-state index is 11.4. The molecule has 4 aliphatic carbocycles. The highest BCUT2D eigenvalue weighted by atomic mass is 35.5. The summed E-state index contributed by atoms with van der Waals surface area (Å²) in [5, 5.41) is 18.6. The molecule has 4 N–H and O–H groups in total. The van der Waals surface area contributed by atoms with Gasteiger partial charge in [0, 0.05) is 11.4 Å². The highest BCUT2D eigenvalue weighted by Crippen LogP contribution is 2.61. The number of para-hydroxylation sites is 1. The Morgan fingerprint density at radius 2 is 1.43 bits per heavy atom. The number of hydrogen-bond acceptors (Lipinski definition) is 5. The van der Waals surface area contributed by atoms with Crippen LogP contribution in [0.5, 0.6) is 0 Å². The first-order valence-electron chi connectivity index (χ1n) is 12.4.